The van der Waals surface area contributed by atoms with E-state index >= 15 is 0 Å². The van der Waals surface area contributed by atoms with E-state index in [1.165, 1.54) is 0 Å². The zero-order valence-electron chi connectivity index (χ0n) is 10.3. The van der Waals surface area contributed by atoms with Crippen molar-refractivity contribution in [3.05, 3.63) is 53.1 Å². The normalized spacial score (nSPS) is 10.1. The molecule has 2 rings (SSSR count). The van der Waals surface area contributed by atoms with Crippen LogP contribution in [0.4, 0.5) is 16.2 Å². The highest BCUT2D eigenvalue weighted by Crippen LogP contribution is 2.21. The fourth-order valence-corrected chi connectivity index (χ4v) is 1.93. The predicted molar refractivity (Wildman–Crippen MR) is 82.5 cm³/mol. The molecule has 5 heteroatoms. The highest BCUT2D eigenvalue weighted by atomic mass is 35.5. The average molecular weight is 293 g/mol. The molecule has 0 fully saturated rings. The number of halogens is 1. The second-order valence-corrected chi connectivity index (χ2v) is 4.95. The third-order valence-electron chi connectivity index (χ3n) is 2.58. The number of urea groups is 1. The molecule has 0 radical (unpaired) electrons. The van der Waals surface area contributed by atoms with Gasteiger partial charge in [-0.2, -0.15) is 0 Å². The summed E-state index contributed by atoms with van der Waals surface area (Å²) in [5.41, 5.74) is 2.26. The molecule has 0 aromatic heterocycles. The summed E-state index contributed by atoms with van der Waals surface area (Å²) in [6.45, 7) is 1.91. The van der Waals surface area contributed by atoms with Crippen LogP contribution in [0.3, 0.4) is 0 Å². The highest BCUT2D eigenvalue weighted by molar-refractivity contribution is 7.80. The van der Waals surface area contributed by atoms with Crippen molar-refractivity contribution in [1.29, 1.82) is 0 Å². The fraction of sp³-hybridized carbons (Fsp3) is 0.0714. The van der Waals surface area contributed by atoms with Gasteiger partial charge in [-0.05, 0) is 36.8 Å². The minimum atomic E-state index is -0.332. The number of amides is 2. The lowest BCUT2D eigenvalue weighted by molar-refractivity contribution is 0.262. The van der Waals surface area contributed by atoms with E-state index in [1.54, 1.807) is 18.2 Å². The molecule has 0 aliphatic carbocycles. The number of nitrogens with one attached hydrogen (secondary N) is 2. The van der Waals surface area contributed by atoms with Gasteiger partial charge in [0.05, 0.1) is 5.69 Å². The zero-order valence-corrected chi connectivity index (χ0v) is 11.9. The Kier molecular flexibility index (Phi) is 4.35. The Morgan fingerprint density at radius 2 is 1.89 bits per heavy atom. The van der Waals surface area contributed by atoms with Gasteiger partial charge in [0.25, 0.3) is 0 Å². The number of hydrogen-bond donors (Lipinski definition) is 3. The summed E-state index contributed by atoms with van der Waals surface area (Å²) in [7, 11) is 0. The highest BCUT2D eigenvalue weighted by Gasteiger charge is 2.05. The average Bonchev–Trinajstić information content (AvgIpc) is 2.37. The smallest absolute Gasteiger partial charge is 0.308 e. The Morgan fingerprint density at radius 1 is 1.16 bits per heavy atom. The van der Waals surface area contributed by atoms with Gasteiger partial charge in [0.15, 0.2) is 0 Å². The van der Waals surface area contributed by atoms with E-state index in [2.05, 4.69) is 23.3 Å². The topological polar surface area (TPSA) is 41.1 Å². The van der Waals surface area contributed by atoms with Crippen molar-refractivity contribution >= 4 is 41.6 Å². The molecule has 0 aliphatic rings. The summed E-state index contributed by atoms with van der Waals surface area (Å²) >= 11 is 10.3. The molecular weight excluding hydrogens is 280 g/mol. The second-order valence-electron chi connectivity index (χ2n) is 4.06. The van der Waals surface area contributed by atoms with Crippen LogP contribution in [-0.4, -0.2) is 6.03 Å². The van der Waals surface area contributed by atoms with Gasteiger partial charge in [-0.1, -0.05) is 29.8 Å². The molecular formula is C14H13ClN2OS. The summed E-state index contributed by atoms with van der Waals surface area (Å²) in [5, 5.41) is 6.06. The van der Waals surface area contributed by atoms with Crippen LogP contribution in [0.25, 0.3) is 0 Å². The summed E-state index contributed by atoms with van der Waals surface area (Å²) in [6, 6.07) is 12.3. The molecule has 19 heavy (non-hydrogen) atoms. The van der Waals surface area contributed by atoms with E-state index < -0.39 is 0 Å². The van der Waals surface area contributed by atoms with Gasteiger partial charge in [0.2, 0.25) is 0 Å². The standard InChI is InChI=1S/C14H13ClN2OS/c1-9-6-7-10(8-11(9)15)16-14(18)17-12-4-2-3-5-13(12)19/h2-8,19H,1H3,(H2,16,17,18). The molecule has 0 bridgehead atoms. The van der Waals surface area contributed by atoms with E-state index in [1.807, 2.05) is 31.2 Å². The molecule has 0 spiro atoms. The van der Waals surface area contributed by atoms with E-state index in [-0.39, 0.29) is 6.03 Å². The summed E-state index contributed by atoms with van der Waals surface area (Å²) < 4.78 is 0. The Hall–Kier alpha value is -1.65. The van der Waals surface area contributed by atoms with Crippen molar-refractivity contribution in [1.82, 2.24) is 0 Å². The first-order valence-electron chi connectivity index (χ1n) is 5.68. The number of aryl methyl sites for hydroxylation is 1. The molecule has 2 aromatic rings. The number of benzene rings is 2. The summed E-state index contributed by atoms with van der Waals surface area (Å²) in [6.07, 6.45) is 0. The van der Waals surface area contributed by atoms with E-state index in [9.17, 15) is 4.79 Å². The molecule has 2 aromatic carbocycles. The van der Waals surface area contributed by atoms with Crippen LogP contribution >= 0.6 is 24.2 Å². The van der Waals surface area contributed by atoms with Gasteiger partial charge >= 0.3 is 6.03 Å². The first-order chi connectivity index (χ1) is 9.06. The lowest BCUT2D eigenvalue weighted by atomic mass is 10.2. The van der Waals surface area contributed by atoms with Gasteiger partial charge < -0.3 is 10.6 Å². The molecule has 0 saturated carbocycles. The number of para-hydroxylation sites is 1. The number of carbonyl (C=O) groups is 1. The van der Waals surface area contributed by atoms with Crippen LogP contribution in [0.5, 0.6) is 0 Å². The first kappa shape index (κ1) is 13.8. The minimum Gasteiger partial charge on any atom is -0.308 e. The number of carbonyl (C=O) groups excluding carboxylic acids is 1. The summed E-state index contributed by atoms with van der Waals surface area (Å²) in [4.78, 5) is 12.5. The Bertz CT molecular complexity index is 616. The maximum Gasteiger partial charge on any atom is 0.323 e. The van der Waals surface area contributed by atoms with E-state index in [0.29, 0.717) is 21.3 Å². The van der Waals surface area contributed by atoms with Crippen molar-refractivity contribution in [3.8, 4) is 0 Å². The lowest BCUT2D eigenvalue weighted by Gasteiger charge is -2.10. The largest absolute Gasteiger partial charge is 0.323 e. The van der Waals surface area contributed by atoms with Crippen LogP contribution in [-0.2, 0) is 0 Å². The van der Waals surface area contributed by atoms with Gasteiger partial charge in [-0.25, -0.2) is 4.79 Å². The molecule has 0 saturated heterocycles. The third kappa shape index (κ3) is 3.66. The summed E-state index contributed by atoms with van der Waals surface area (Å²) in [5.74, 6) is 0. The third-order valence-corrected chi connectivity index (χ3v) is 3.38. The van der Waals surface area contributed by atoms with Gasteiger partial charge in [-0.3, -0.25) is 0 Å². The molecule has 0 atom stereocenters. The van der Waals surface area contributed by atoms with Gasteiger partial charge in [-0.15, -0.1) is 12.6 Å². The zero-order chi connectivity index (χ0) is 13.8. The first-order valence-corrected chi connectivity index (χ1v) is 6.51. The molecule has 0 heterocycles. The van der Waals surface area contributed by atoms with Crippen LogP contribution in [0, 0.1) is 6.92 Å². The van der Waals surface area contributed by atoms with E-state index in [0.717, 1.165) is 5.56 Å². The number of thiol groups is 1. The van der Waals surface area contributed by atoms with Crippen LogP contribution in [0.2, 0.25) is 5.02 Å². The molecule has 0 aliphatic heterocycles. The Balaban J connectivity index is 2.05. The number of hydrogen-bond acceptors (Lipinski definition) is 2. The predicted octanol–water partition coefficient (Wildman–Crippen LogP) is 4.58. The maximum absolute atomic E-state index is 11.8. The Morgan fingerprint density at radius 3 is 2.58 bits per heavy atom. The second kappa shape index (κ2) is 5.99. The molecule has 2 amide bonds. The van der Waals surface area contributed by atoms with Crippen molar-refractivity contribution in [3.63, 3.8) is 0 Å². The minimum absolute atomic E-state index is 0.332. The van der Waals surface area contributed by atoms with Crippen molar-refractivity contribution < 1.29 is 4.79 Å². The fourth-order valence-electron chi connectivity index (χ4n) is 1.53. The maximum atomic E-state index is 11.8. The van der Waals surface area contributed by atoms with Crippen molar-refractivity contribution in [2.75, 3.05) is 10.6 Å². The van der Waals surface area contributed by atoms with Crippen LogP contribution in [0.15, 0.2) is 47.4 Å². The van der Waals surface area contributed by atoms with E-state index in [4.69, 9.17) is 11.6 Å². The van der Waals surface area contributed by atoms with Gasteiger partial charge in [0, 0.05) is 15.6 Å². The van der Waals surface area contributed by atoms with Crippen molar-refractivity contribution in [2.24, 2.45) is 0 Å². The SMILES string of the molecule is Cc1ccc(NC(=O)Nc2ccccc2S)cc1Cl. The van der Waals surface area contributed by atoms with Crippen LogP contribution in [0.1, 0.15) is 5.56 Å². The number of rotatable bonds is 2. The monoisotopic (exact) mass is 292 g/mol. The Labute approximate surface area is 122 Å². The molecule has 0 unspecified atom stereocenters. The molecule has 3 nitrogen and oxygen atoms in total. The lowest BCUT2D eigenvalue weighted by Crippen LogP contribution is -2.19. The van der Waals surface area contributed by atoms with Crippen molar-refractivity contribution in [2.45, 2.75) is 11.8 Å². The number of anilines is 2. The quantitative estimate of drug-likeness (QED) is 0.697. The van der Waals surface area contributed by atoms with Gasteiger partial charge in [0.1, 0.15) is 0 Å². The molecule has 2 N–H and O–H groups in total. The van der Waals surface area contributed by atoms with Crippen LogP contribution < -0.4 is 10.6 Å². The molecule has 98 valence electrons.